The monoisotopic (exact) mass is 339 g/mol. The van der Waals surface area contributed by atoms with E-state index in [2.05, 4.69) is 4.74 Å². The van der Waals surface area contributed by atoms with Crippen molar-refractivity contribution in [3.63, 3.8) is 0 Å². The van der Waals surface area contributed by atoms with Crippen LogP contribution in [0.5, 0.6) is 5.75 Å². The molecule has 0 aliphatic heterocycles. The second kappa shape index (κ2) is 7.57. The molecule has 0 aliphatic carbocycles. The number of carbonyl (C=O) groups is 2. The van der Waals surface area contributed by atoms with Gasteiger partial charge in [0.05, 0.1) is 34.3 Å². The molecule has 0 aliphatic rings. The fourth-order valence-electron chi connectivity index (χ4n) is 1.42. The molecule has 110 valence electrons. The SMILES string of the molecule is COC(=O)CCCOc1c(Cl)cc(Cl)c(C(N)=O)c1Cl. The number of methoxy groups -OCH3 is 1. The normalized spacial score (nSPS) is 10.2. The molecule has 0 aromatic heterocycles. The van der Waals surface area contributed by atoms with E-state index in [0.29, 0.717) is 6.42 Å². The first-order valence-corrected chi connectivity index (χ1v) is 6.68. The minimum Gasteiger partial charge on any atom is -0.490 e. The zero-order chi connectivity index (χ0) is 15.3. The van der Waals surface area contributed by atoms with Crippen LogP contribution >= 0.6 is 34.8 Å². The summed E-state index contributed by atoms with van der Waals surface area (Å²) >= 11 is 17.8. The van der Waals surface area contributed by atoms with E-state index >= 15 is 0 Å². The second-order valence-corrected chi connectivity index (χ2v) is 4.94. The average Bonchev–Trinajstić information content (AvgIpc) is 2.36. The molecule has 1 rings (SSSR count). The number of benzene rings is 1. The third-order valence-corrected chi connectivity index (χ3v) is 3.31. The van der Waals surface area contributed by atoms with Crippen LogP contribution < -0.4 is 10.5 Å². The van der Waals surface area contributed by atoms with Crippen LogP contribution in [0, 0.1) is 0 Å². The molecule has 0 radical (unpaired) electrons. The van der Waals surface area contributed by atoms with Gasteiger partial charge >= 0.3 is 5.97 Å². The molecular formula is C12H12Cl3NO4. The molecule has 5 nitrogen and oxygen atoms in total. The van der Waals surface area contributed by atoms with Crippen molar-refractivity contribution >= 4 is 46.7 Å². The first-order valence-electron chi connectivity index (χ1n) is 5.55. The van der Waals surface area contributed by atoms with Crippen molar-refractivity contribution in [3.8, 4) is 5.75 Å². The van der Waals surface area contributed by atoms with Gasteiger partial charge in [0.1, 0.15) is 0 Å². The summed E-state index contributed by atoms with van der Waals surface area (Å²) in [6.07, 6.45) is 0.607. The molecule has 1 amide bonds. The molecular weight excluding hydrogens is 328 g/mol. The lowest BCUT2D eigenvalue weighted by atomic mass is 10.2. The van der Waals surface area contributed by atoms with Crippen molar-refractivity contribution in [1.29, 1.82) is 0 Å². The van der Waals surface area contributed by atoms with Gasteiger partial charge in [-0.25, -0.2) is 0 Å². The van der Waals surface area contributed by atoms with Gasteiger partial charge in [-0.3, -0.25) is 9.59 Å². The van der Waals surface area contributed by atoms with Gasteiger partial charge in [0.25, 0.3) is 5.91 Å². The van der Waals surface area contributed by atoms with Gasteiger partial charge in [-0.1, -0.05) is 34.8 Å². The summed E-state index contributed by atoms with van der Waals surface area (Å²) in [5.74, 6) is -1.02. The van der Waals surface area contributed by atoms with E-state index in [-0.39, 0.29) is 45.4 Å². The highest BCUT2D eigenvalue weighted by Gasteiger charge is 2.20. The number of primary amides is 1. The van der Waals surface area contributed by atoms with Crippen molar-refractivity contribution < 1.29 is 19.1 Å². The van der Waals surface area contributed by atoms with Crippen LogP contribution in [0.1, 0.15) is 23.2 Å². The highest BCUT2D eigenvalue weighted by Crippen LogP contribution is 2.39. The predicted molar refractivity (Wildman–Crippen MR) is 76.7 cm³/mol. The number of rotatable bonds is 6. The zero-order valence-corrected chi connectivity index (χ0v) is 12.8. The Morgan fingerprint density at radius 2 is 1.90 bits per heavy atom. The Bertz CT molecular complexity index is 534. The van der Waals surface area contributed by atoms with E-state index in [1.807, 2.05) is 0 Å². The molecule has 8 heteroatoms. The van der Waals surface area contributed by atoms with Gasteiger partial charge in [-0.2, -0.15) is 0 Å². The summed E-state index contributed by atoms with van der Waals surface area (Å²) in [6, 6.07) is 1.32. The van der Waals surface area contributed by atoms with E-state index in [4.69, 9.17) is 45.3 Å². The van der Waals surface area contributed by atoms with Crippen molar-refractivity contribution in [3.05, 3.63) is 26.7 Å². The average molecular weight is 341 g/mol. The molecule has 0 saturated heterocycles. The molecule has 1 aromatic carbocycles. The molecule has 0 unspecified atom stereocenters. The van der Waals surface area contributed by atoms with Crippen molar-refractivity contribution in [1.82, 2.24) is 0 Å². The number of ether oxygens (including phenoxy) is 2. The number of hydrogen-bond acceptors (Lipinski definition) is 4. The predicted octanol–water partition coefficient (Wildman–Crippen LogP) is 3.08. The molecule has 1 aromatic rings. The maximum absolute atomic E-state index is 11.3. The maximum Gasteiger partial charge on any atom is 0.305 e. The number of hydrogen-bond donors (Lipinski definition) is 1. The Kier molecular flexibility index (Phi) is 6.39. The highest BCUT2D eigenvalue weighted by atomic mass is 35.5. The Hall–Kier alpha value is -1.17. The Morgan fingerprint density at radius 1 is 1.25 bits per heavy atom. The summed E-state index contributed by atoms with van der Waals surface area (Å²) in [4.78, 5) is 22.2. The number of amides is 1. The minimum absolute atomic E-state index is 0.0481. The van der Waals surface area contributed by atoms with Crippen LogP contribution in [0.3, 0.4) is 0 Å². The Labute approximate surface area is 130 Å². The molecule has 0 fully saturated rings. The van der Waals surface area contributed by atoms with E-state index < -0.39 is 5.91 Å². The number of carbonyl (C=O) groups excluding carboxylic acids is 2. The lowest BCUT2D eigenvalue weighted by molar-refractivity contribution is -0.140. The van der Waals surface area contributed by atoms with Crippen LogP contribution in [0.2, 0.25) is 15.1 Å². The van der Waals surface area contributed by atoms with Crippen LogP contribution in [0.25, 0.3) is 0 Å². The van der Waals surface area contributed by atoms with E-state index in [9.17, 15) is 9.59 Å². The largest absolute Gasteiger partial charge is 0.490 e. The van der Waals surface area contributed by atoms with Crippen LogP contribution in [0.4, 0.5) is 0 Å². The van der Waals surface area contributed by atoms with E-state index in [1.54, 1.807) is 0 Å². The third kappa shape index (κ3) is 4.16. The fraction of sp³-hybridized carbons (Fsp3) is 0.333. The quantitative estimate of drug-likeness (QED) is 0.637. The molecule has 0 saturated carbocycles. The maximum atomic E-state index is 11.3. The van der Waals surface area contributed by atoms with Crippen molar-refractivity contribution in [2.24, 2.45) is 5.73 Å². The van der Waals surface area contributed by atoms with Gasteiger partial charge < -0.3 is 15.2 Å². The van der Waals surface area contributed by atoms with E-state index in [0.717, 1.165) is 0 Å². The zero-order valence-electron chi connectivity index (χ0n) is 10.5. The third-order valence-electron chi connectivity index (χ3n) is 2.37. The lowest BCUT2D eigenvalue weighted by Crippen LogP contribution is -2.13. The van der Waals surface area contributed by atoms with Crippen LogP contribution in [-0.2, 0) is 9.53 Å². The summed E-state index contributed by atoms with van der Waals surface area (Å²) in [6.45, 7) is 0.175. The van der Waals surface area contributed by atoms with E-state index in [1.165, 1.54) is 13.2 Å². The summed E-state index contributed by atoms with van der Waals surface area (Å²) < 4.78 is 9.86. The summed E-state index contributed by atoms with van der Waals surface area (Å²) in [7, 11) is 1.30. The van der Waals surface area contributed by atoms with Gasteiger partial charge in [-0.15, -0.1) is 0 Å². The molecule has 2 N–H and O–H groups in total. The van der Waals surface area contributed by atoms with Gasteiger partial charge in [-0.05, 0) is 12.5 Å². The second-order valence-electron chi connectivity index (χ2n) is 3.75. The lowest BCUT2D eigenvalue weighted by Gasteiger charge is -2.13. The van der Waals surface area contributed by atoms with Gasteiger partial charge in [0.2, 0.25) is 0 Å². The number of halogens is 3. The van der Waals surface area contributed by atoms with Crippen LogP contribution in [-0.4, -0.2) is 25.6 Å². The first-order chi connectivity index (χ1) is 9.38. The minimum atomic E-state index is -0.781. The van der Waals surface area contributed by atoms with Crippen molar-refractivity contribution in [2.75, 3.05) is 13.7 Å². The molecule has 0 heterocycles. The Balaban J connectivity index is 2.82. The number of nitrogens with two attached hydrogens (primary N) is 1. The molecule has 0 bridgehead atoms. The smallest absolute Gasteiger partial charge is 0.305 e. The van der Waals surface area contributed by atoms with Gasteiger partial charge in [0, 0.05) is 6.42 Å². The first kappa shape index (κ1) is 16.9. The number of esters is 1. The molecule has 0 spiro atoms. The molecule has 20 heavy (non-hydrogen) atoms. The van der Waals surface area contributed by atoms with Crippen molar-refractivity contribution in [2.45, 2.75) is 12.8 Å². The summed E-state index contributed by atoms with van der Waals surface area (Å²) in [5, 5.41) is 0.158. The fourth-order valence-corrected chi connectivity index (χ4v) is 2.48. The molecule has 0 atom stereocenters. The highest BCUT2D eigenvalue weighted by molar-refractivity contribution is 6.43. The Morgan fingerprint density at radius 3 is 2.45 bits per heavy atom. The topological polar surface area (TPSA) is 78.6 Å². The van der Waals surface area contributed by atoms with Crippen LogP contribution in [0.15, 0.2) is 6.07 Å². The van der Waals surface area contributed by atoms with Gasteiger partial charge in [0.15, 0.2) is 5.75 Å². The standard InChI is InChI=1S/C12H12Cl3NO4/c1-19-8(17)3-2-4-20-11-7(14)5-6(13)9(10(11)15)12(16)18/h5H,2-4H2,1H3,(H2,16,18). The summed E-state index contributed by atoms with van der Waals surface area (Å²) in [5.41, 5.74) is 5.12.